The van der Waals surface area contributed by atoms with Crippen molar-refractivity contribution in [2.75, 3.05) is 5.73 Å². The largest absolute Gasteiger partial charge is 0.383 e. The molecule has 0 spiro atoms. The van der Waals surface area contributed by atoms with Crippen molar-refractivity contribution in [1.82, 2.24) is 4.98 Å². The summed E-state index contributed by atoms with van der Waals surface area (Å²) >= 11 is 3.31. The molecule has 0 bridgehead atoms. The minimum absolute atomic E-state index is 0.331. The molecular formula is C13H13BrFN3. The van der Waals surface area contributed by atoms with Gasteiger partial charge in [-0.2, -0.15) is 0 Å². The van der Waals surface area contributed by atoms with Crippen LogP contribution in [0.5, 0.6) is 0 Å². The number of rotatable bonds is 2. The van der Waals surface area contributed by atoms with Crippen molar-refractivity contribution in [3.8, 4) is 0 Å². The van der Waals surface area contributed by atoms with Crippen LogP contribution in [0.3, 0.4) is 0 Å². The average Bonchev–Trinajstić information content (AvgIpc) is 2.28. The molecule has 0 fully saturated rings. The van der Waals surface area contributed by atoms with Crippen LogP contribution in [0.4, 0.5) is 10.2 Å². The zero-order valence-electron chi connectivity index (χ0n) is 9.82. The van der Waals surface area contributed by atoms with Crippen molar-refractivity contribution in [2.24, 2.45) is 5.73 Å². The maximum atomic E-state index is 13.9. The lowest BCUT2D eigenvalue weighted by Gasteiger charge is -2.18. The van der Waals surface area contributed by atoms with Crippen LogP contribution in [0.15, 0.2) is 34.9 Å². The monoisotopic (exact) mass is 309 g/mol. The molecule has 2 aromatic rings. The number of anilines is 1. The second-order valence-electron chi connectivity index (χ2n) is 4.04. The summed E-state index contributed by atoms with van der Waals surface area (Å²) < 4.78 is 14.5. The highest BCUT2D eigenvalue weighted by Crippen LogP contribution is 2.32. The SMILES string of the molecule is Cc1ccnc(N)c1C(N)c1c(F)cccc1Br. The van der Waals surface area contributed by atoms with E-state index in [1.165, 1.54) is 6.07 Å². The number of nitrogens with zero attached hydrogens (tertiary/aromatic N) is 1. The van der Waals surface area contributed by atoms with Gasteiger partial charge in [0.05, 0.1) is 6.04 Å². The zero-order chi connectivity index (χ0) is 13.3. The number of hydrogen-bond donors (Lipinski definition) is 2. The first-order valence-corrected chi connectivity index (χ1v) is 6.22. The van der Waals surface area contributed by atoms with E-state index in [1.807, 2.05) is 6.92 Å². The molecule has 1 unspecified atom stereocenters. The minimum atomic E-state index is -0.644. The molecule has 0 amide bonds. The third kappa shape index (κ3) is 2.23. The van der Waals surface area contributed by atoms with E-state index < -0.39 is 6.04 Å². The van der Waals surface area contributed by atoms with Gasteiger partial charge >= 0.3 is 0 Å². The highest BCUT2D eigenvalue weighted by molar-refractivity contribution is 9.10. The zero-order valence-corrected chi connectivity index (χ0v) is 11.4. The molecule has 0 saturated carbocycles. The lowest BCUT2D eigenvalue weighted by molar-refractivity contribution is 0.597. The number of benzene rings is 1. The summed E-state index contributed by atoms with van der Waals surface area (Å²) in [5.41, 5.74) is 13.9. The summed E-state index contributed by atoms with van der Waals surface area (Å²) in [6, 6.07) is 5.91. The fraction of sp³-hybridized carbons (Fsp3) is 0.154. The van der Waals surface area contributed by atoms with Crippen LogP contribution in [0.2, 0.25) is 0 Å². The summed E-state index contributed by atoms with van der Waals surface area (Å²) in [5.74, 6) is -0.0304. The van der Waals surface area contributed by atoms with Crippen molar-refractivity contribution in [3.05, 3.63) is 57.4 Å². The lowest BCUT2D eigenvalue weighted by atomic mass is 9.96. The van der Waals surface area contributed by atoms with Gasteiger partial charge in [0.25, 0.3) is 0 Å². The van der Waals surface area contributed by atoms with E-state index in [0.29, 0.717) is 21.4 Å². The Morgan fingerprint density at radius 1 is 1.28 bits per heavy atom. The Labute approximate surface area is 113 Å². The summed E-state index contributed by atoms with van der Waals surface area (Å²) in [7, 11) is 0. The molecule has 2 rings (SSSR count). The third-order valence-corrected chi connectivity index (χ3v) is 3.55. The molecule has 0 aliphatic heterocycles. The molecular weight excluding hydrogens is 297 g/mol. The number of nitrogens with two attached hydrogens (primary N) is 2. The molecule has 1 atom stereocenters. The van der Waals surface area contributed by atoms with Crippen molar-refractivity contribution in [1.29, 1.82) is 0 Å². The highest BCUT2D eigenvalue weighted by Gasteiger charge is 2.20. The van der Waals surface area contributed by atoms with Gasteiger partial charge in [0.1, 0.15) is 11.6 Å². The molecule has 0 radical (unpaired) electrons. The summed E-state index contributed by atoms with van der Waals surface area (Å²) in [4.78, 5) is 4.01. The van der Waals surface area contributed by atoms with Gasteiger partial charge in [-0.1, -0.05) is 22.0 Å². The lowest BCUT2D eigenvalue weighted by Crippen LogP contribution is -2.18. The fourth-order valence-corrected chi connectivity index (χ4v) is 2.54. The molecule has 4 N–H and O–H groups in total. The predicted molar refractivity (Wildman–Crippen MR) is 73.5 cm³/mol. The quantitative estimate of drug-likeness (QED) is 0.896. The number of aryl methyl sites for hydroxylation is 1. The molecule has 3 nitrogen and oxygen atoms in total. The average molecular weight is 310 g/mol. The Bertz CT molecular complexity index is 494. The van der Waals surface area contributed by atoms with Crippen LogP contribution in [-0.2, 0) is 0 Å². The van der Waals surface area contributed by atoms with Crippen LogP contribution in [-0.4, -0.2) is 4.98 Å². The van der Waals surface area contributed by atoms with Crippen LogP contribution >= 0.6 is 15.9 Å². The molecule has 1 heterocycles. The normalized spacial score (nSPS) is 12.4. The Balaban J connectivity index is 2.58. The van der Waals surface area contributed by atoms with Crippen LogP contribution < -0.4 is 11.5 Å². The molecule has 0 aliphatic rings. The van der Waals surface area contributed by atoms with Gasteiger partial charge in [-0.3, -0.25) is 0 Å². The van der Waals surface area contributed by atoms with Gasteiger partial charge in [-0.15, -0.1) is 0 Å². The van der Waals surface area contributed by atoms with Crippen LogP contribution in [0, 0.1) is 12.7 Å². The summed E-state index contributed by atoms with van der Waals surface area (Å²) in [5, 5.41) is 0. The van der Waals surface area contributed by atoms with E-state index in [-0.39, 0.29) is 5.82 Å². The number of aromatic nitrogens is 1. The standard InChI is InChI=1S/C13H13BrFN3/c1-7-5-6-18-13(17)10(7)12(16)11-8(14)3-2-4-9(11)15/h2-6,12H,16H2,1H3,(H2,17,18). The first-order valence-electron chi connectivity index (χ1n) is 5.43. The molecule has 1 aromatic heterocycles. The molecule has 0 aliphatic carbocycles. The van der Waals surface area contributed by atoms with Crippen molar-refractivity contribution in [2.45, 2.75) is 13.0 Å². The van der Waals surface area contributed by atoms with E-state index in [4.69, 9.17) is 11.5 Å². The Hall–Kier alpha value is -1.46. The number of hydrogen-bond acceptors (Lipinski definition) is 3. The maximum absolute atomic E-state index is 13.9. The Morgan fingerprint density at radius 3 is 2.61 bits per heavy atom. The Morgan fingerprint density at radius 2 is 2.00 bits per heavy atom. The molecule has 18 heavy (non-hydrogen) atoms. The van der Waals surface area contributed by atoms with E-state index in [0.717, 1.165) is 5.56 Å². The number of nitrogen functional groups attached to an aromatic ring is 1. The smallest absolute Gasteiger partial charge is 0.129 e. The number of halogens is 2. The van der Waals surface area contributed by atoms with E-state index >= 15 is 0 Å². The number of pyridine rings is 1. The van der Waals surface area contributed by atoms with E-state index in [9.17, 15) is 4.39 Å². The van der Waals surface area contributed by atoms with Gasteiger partial charge in [-0.05, 0) is 30.7 Å². The Kier molecular flexibility index (Phi) is 3.63. The molecule has 0 saturated heterocycles. The van der Waals surface area contributed by atoms with E-state index in [1.54, 1.807) is 24.4 Å². The summed E-state index contributed by atoms with van der Waals surface area (Å²) in [6.07, 6.45) is 1.61. The van der Waals surface area contributed by atoms with Crippen molar-refractivity contribution < 1.29 is 4.39 Å². The van der Waals surface area contributed by atoms with Gasteiger partial charge in [0.15, 0.2) is 0 Å². The van der Waals surface area contributed by atoms with Crippen LogP contribution in [0.1, 0.15) is 22.7 Å². The second kappa shape index (κ2) is 5.04. The topological polar surface area (TPSA) is 64.9 Å². The van der Waals surface area contributed by atoms with Gasteiger partial charge in [-0.25, -0.2) is 9.37 Å². The first kappa shape index (κ1) is 13.0. The van der Waals surface area contributed by atoms with Gasteiger partial charge in [0.2, 0.25) is 0 Å². The van der Waals surface area contributed by atoms with Crippen LogP contribution in [0.25, 0.3) is 0 Å². The fourth-order valence-electron chi connectivity index (χ4n) is 1.95. The summed E-state index contributed by atoms with van der Waals surface area (Å²) in [6.45, 7) is 1.88. The van der Waals surface area contributed by atoms with E-state index in [2.05, 4.69) is 20.9 Å². The highest BCUT2D eigenvalue weighted by atomic mass is 79.9. The van der Waals surface area contributed by atoms with Crippen molar-refractivity contribution in [3.63, 3.8) is 0 Å². The molecule has 5 heteroatoms. The second-order valence-corrected chi connectivity index (χ2v) is 4.89. The first-order chi connectivity index (χ1) is 8.52. The predicted octanol–water partition coefficient (Wildman–Crippen LogP) is 2.92. The minimum Gasteiger partial charge on any atom is -0.383 e. The van der Waals surface area contributed by atoms with Gasteiger partial charge < -0.3 is 11.5 Å². The van der Waals surface area contributed by atoms with Gasteiger partial charge in [0, 0.05) is 21.8 Å². The third-order valence-electron chi connectivity index (χ3n) is 2.86. The van der Waals surface area contributed by atoms with Crippen molar-refractivity contribution >= 4 is 21.7 Å². The molecule has 1 aromatic carbocycles. The maximum Gasteiger partial charge on any atom is 0.129 e. The molecule has 94 valence electrons.